The van der Waals surface area contributed by atoms with Gasteiger partial charge in [0.2, 0.25) is 11.8 Å². The van der Waals surface area contributed by atoms with Crippen molar-refractivity contribution in [3.63, 3.8) is 0 Å². The molecule has 5 rings (SSSR count). The molecule has 11 heteroatoms. The van der Waals surface area contributed by atoms with Crippen LogP contribution < -0.4 is 15.4 Å². The number of halogens is 4. The van der Waals surface area contributed by atoms with Crippen molar-refractivity contribution in [1.29, 1.82) is 0 Å². The number of hydrogen-bond acceptors (Lipinski definition) is 5. The predicted molar refractivity (Wildman–Crippen MR) is 162 cm³/mol. The molecule has 0 aliphatic carbocycles. The van der Waals surface area contributed by atoms with Crippen molar-refractivity contribution in [1.82, 2.24) is 5.32 Å². The van der Waals surface area contributed by atoms with Gasteiger partial charge in [-0.05, 0) is 73.5 Å². The summed E-state index contributed by atoms with van der Waals surface area (Å²) in [6, 6.07) is 14.6. The summed E-state index contributed by atoms with van der Waals surface area (Å²) in [6.45, 7) is 3.41. The quantitative estimate of drug-likeness (QED) is 0.268. The molecular formula is C30H26BrCl3N2O5. The Hall–Kier alpha value is -2.78. The van der Waals surface area contributed by atoms with E-state index in [1.807, 2.05) is 0 Å². The lowest BCUT2D eigenvalue weighted by Gasteiger charge is -2.47. The van der Waals surface area contributed by atoms with Gasteiger partial charge in [-0.1, -0.05) is 56.8 Å². The van der Waals surface area contributed by atoms with Crippen LogP contribution in [0.3, 0.4) is 0 Å². The number of hydrogen-bond donors (Lipinski definition) is 2. The number of carbonyl (C=O) groups is 3. The number of carbonyl (C=O) groups excluding carboxylic acids is 3. The number of ether oxygens (including phenoxy) is 2. The molecule has 2 amide bonds. The summed E-state index contributed by atoms with van der Waals surface area (Å²) in [6.07, 6.45) is -0.0222. The number of benzene rings is 3. The SMILES string of the molecule is COC(=O)C(C)(C)COc1ccc(Br)cc1[C@H]1NC(=O)C[C@@H](c2cc(Cl)ccc2Cl)[C@]12C(=O)Nc1cc(Cl)ccc12. The highest BCUT2D eigenvalue weighted by molar-refractivity contribution is 9.10. The minimum Gasteiger partial charge on any atom is -0.492 e. The minimum absolute atomic E-state index is 0.0100. The van der Waals surface area contributed by atoms with Crippen LogP contribution in [0.1, 0.15) is 48.9 Å². The number of nitrogens with one attached hydrogen (secondary N) is 2. The van der Waals surface area contributed by atoms with E-state index in [9.17, 15) is 14.4 Å². The van der Waals surface area contributed by atoms with Gasteiger partial charge in [0.1, 0.15) is 17.8 Å². The average molecular weight is 681 g/mol. The molecule has 3 aromatic carbocycles. The van der Waals surface area contributed by atoms with Crippen LogP contribution in [-0.4, -0.2) is 31.5 Å². The van der Waals surface area contributed by atoms with E-state index in [4.69, 9.17) is 44.3 Å². The highest BCUT2D eigenvalue weighted by atomic mass is 79.9. The van der Waals surface area contributed by atoms with E-state index in [1.165, 1.54) is 7.11 Å². The fourth-order valence-corrected chi connectivity index (χ4v) is 6.75. The Morgan fingerprint density at radius 3 is 2.46 bits per heavy atom. The second-order valence-corrected chi connectivity index (χ2v) is 13.0. The van der Waals surface area contributed by atoms with E-state index in [-0.39, 0.29) is 24.8 Å². The van der Waals surface area contributed by atoms with E-state index in [2.05, 4.69) is 26.6 Å². The van der Waals surface area contributed by atoms with E-state index in [1.54, 1.807) is 68.4 Å². The summed E-state index contributed by atoms with van der Waals surface area (Å²) >= 11 is 23.0. The maximum atomic E-state index is 14.3. The van der Waals surface area contributed by atoms with Crippen molar-refractivity contribution in [2.45, 2.75) is 37.6 Å². The Kier molecular flexibility index (Phi) is 8.07. The van der Waals surface area contributed by atoms with Crippen LogP contribution >= 0.6 is 50.7 Å². The number of rotatable bonds is 6. The first-order valence-electron chi connectivity index (χ1n) is 12.7. The molecular weight excluding hydrogens is 655 g/mol. The Balaban J connectivity index is 1.75. The van der Waals surface area contributed by atoms with Gasteiger partial charge in [-0.2, -0.15) is 0 Å². The molecule has 0 bridgehead atoms. The third-order valence-electron chi connectivity index (χ3n) is 7.69. The van der Waals surface area contributed by atoms with Crippen molar-refractivity contribution in [2.75, 3.05) is 19.0 Å². The summed E-state index contributed by atoms with van der Waals surface area (Å²) in [5.41, 5.74) is -0.0264. The van der Waals surface area contributed by atoms with E-state index < -0.39 is 28.8 Å². The average Bonchev–Trinajstić information content (AvgIpc) is 3.20. The fraction of sp³-hybridized carbons (Fsp3) is 0.300. The molecule has 0 aromatic heterocycles. The highest BCUT2D eigenvalue weighted by Gasteiger charge is 2.62. The molecule has 214 valence electrons. The monoisotopic (exact) mass is 678 g/mol. The number of anilines is 1. The predicted octanol–water partition coefficient (Wildman–Crippen LogP) is 7.22. The van der Waals surface area contributed by atoms with Gasteiger partial charge in [-0.3, -0.25) is 14.4 Å². The zero-order valence-corrected chi connectivity index (χ0v) is 26.2. The van der Waals surface area contributed by atoms with Gasteiger partial charge >= 0.3 is 5.97 Å². The van der Waals surface area contributed by atoms with Crippen LogP contribution in [0, 0.1) is 5.41 Å². The summed E-state index contributed by atoms with van der Waals surface area (Å²) < 4.78 is 11.9. The summed E-state index contributed by atoms with van der Waals surface area (Å²) in [5, 5.41) is 7.34. The van der Waals surface area contributed by atoms with E-state index >= 15 is 0 Å². The molecule has 1 fully saturated rings. The second-order valence-electron chi connectivity index (χ2n) is 10.8. The maximum Gasteiger partial charge on any atom is 0.314 e. The first kappa shape index (κ1) is 29.7. The molecule has 0 unspecified atom stereocenters. The van der Waals surface area contributed by atoms with Gasteiger partial charge in [0.25, 0.3) is 0 Å². The van der Waals surface area contributed by atoms with Crippen LogP contribution in [-0.2, 0) is 24.5 Å². The standard InChI is InChI=1S/C30H26BrCl3N2O5/c1-29(2,28(39)40-3)14-41-24-9-4-15(31)10-19(24)26-30(20-7-5-17(33)12-23(20)35-27(30)38)21(13-25(37)36-26)18-11-16(32)6-8-22(18)34/h4-12,21,26H,13-14H2,1-3H3,(H,35,38)(H,36,37)/t21-,26+,30-/m0/s1. The van der Waals surface area contributed by atoms with Crippen molar-refractivity contribution in [2.24, 2.45) is 5.41 Å². The molecule has 2 heterocycles. The summed E-state index contributed by atoms with van der Waals surface area (Å²) in [7, 11) is 1.32. The van der Waals surface area contributed by atoms with Crippen LogP contribution in [0.2, 0.25) is 15.1 Å². The van der Waals surface area contributed by atoms with Crippen LogP contribution in [0.15, 0.2) is 59.1 Å². The molecule has 3 atom stereocenters. The van der Waals surface area contributed by atoms with Crippen LogP contribution in [0.4, 0.5) is 5.69 Å². The van der Waals surface area contributed by atoms with E-state index in [0.29, 0.717) is 47.7 Å². The van der Waals surface area contributed by atoms with Gasteiger partial charge in [0.05, 0.1) is 18.6 Å². The zero-order valence-electron chi connectivity index (χ0n) is 22.3. The summed E-state index contributed by atoms with van der Waals surface area (Å²) in [5.74, 6) is -1.36. The third kappa shape index (κ3) is 5.20. The summed E-state index contributed by atoms with van der Waals surface area (Å²) in [4.78, 5) is 40.1. The maximum absolute atomic E-state index is 14.3. The molecule has 41 heavy (non-hydrogen) atoms. The van der Waals surface area contributed by atoms with Crippen LogP contribution in [0.5, 0.6) is 5.75 Å². The molecule has 2 N–H and O–H groups in total. The number of esters is 1. The molecule has 0 saturated carbocycles. The number of methoxy groups -OCH3 is 1. The Morgan fingerprint density at radius 1 is 1.02 bits per heavy atom. The van der Waals surface area contributed by atoms with Crippen molar-refractivity contribution in [3.05, 3.63) is 90.8 Å². The highest BCUT2D eigenvalue weighted by Crippen LogP contribution is 2.59. The first-order valence-corrected chi connectivity index (χ1v) is 14.7. The molecule has 2 aliphatic rings. The van der Waals surface area contributed by atoms with Gasteiger partial charge in [0, 0.05) is 43.1 Å². The van der Waals surface area contributed by atoms with E-state index in [0.717, 1.165) is 0 Å². The van der Waals surface area contributed by atoms with Crippen LogP contribution in [0.25, 0.3) is 0 Å². The van der Waals surface area contributed by atoms with Crippen molar-refractivity contribution >= 4 is 74.2 Å². The second kappa shape index (κ2) is 11.1. The molecule has 7 nitrogen and oxygen atoms in total. The Bertz CT molecular complexity index is 1580. The lowest BCUT2D eigenvalue weighted by atomic mass is 9.59. The lowest BCUT2D eigenvalue weighted by molar-refractivity contribution is -0.152. The number of amides is 2. The van der Waals surface area contributed by atoms with Crippen molar-refractivity contribution < 1.29 is 23.9 Å². The van der Waals surface area contributed by atoms with Gasteiger partial charge in [-0.15, -0.1) is 0 Å². The molecule has 1 saturated heterocycles. The number of piperidine rings is 1. The molecule has 0 radical (unpaired) electrons. The van der Waals surface area contributed by atoms with Gasteiger partial charge < -0.3 is 20.1 Å². The molecule has 1 spiro atoms. The normalized spacial score (nSPS) is 21.7. The largest absolute Gasteiger partial charge is 0.492 e. The topological polar surface area (TPSA) is 93.7 Å². The van der Waals surface area contributed by atoms with Gasteiger partial charge in [-0.25, -0.2) is 0 Å². The Labute approximate surface area is 261 Å². The molecule has 3 aromatic rings. The number of fused-ring (bicyclic) bond motifs is 2. The Morgan fingerprint density at radius 2 is 1.73 bits per heavy atom. The fourth-order valence-electron chi connectivity index (χ4n) is 5.77. The first-order chi connectivity index (χ1) is 19.4. The molecule has 2 aliphatic heterocycles. The van der Waals surface area contributed by atoms with Gasteiger partial charge in [0.15, 0.2) is 0 Å². The smallest absolute Gasteiger partial charge is 0.314 e. The lowest BCUT2D eigenvalue weighted by Crippen LogP contribution is -2.57. The van der Waals surface area contributed by atoms with Crippen molar-refractivity contribution in [3.8, 4) is 5.75 Å². The minimum atomic E-state index is -1.36. The third-order valence-corrected chi connectivity index (χ3v) is 9.00. The zero-order chi connectivity index (χ0) is 29.7.